The highest BCUT2D eigenvalue weighted by molar-refractivity contribution is 7.47. The van der Waals surface area contributed by atoms with Crippen molar-refractivity contribution in [3.05, 3.63) is 0 Å². The number of esters is 4. The van der Waals surface area contributed by atoms with Gasteiger partial charge in [0.15, 0.2) is 12.2 Å². The second-order valence-corrected chi connectivity index (χ2v) is 32.4. The van der Waals surface area contributed by atoms with E-state index in [0.717, 1.165) is 114 Å². The summed E-state index contributed by atoms with van der Waals surface area (Å²) in [6.07, 6.45) is 52.9. The summed E-state index contributed by atoms with van der Waals surface area (Å²) in [5.41, 5.74) is 0. The first-order valence-corrected chi connectivity index (χ1v) is 43.3. The van der Waals surface area contributed by atoms with Gasteiger partial charge in [-0.3, -0.25) is 37.3 Å². The van der Waals surface area contributed by atoms with Crippen molar-refractivity contribution in [3.8, 4) is 0 Å². The van der Waals surface area contributed by atoms with Crippen molar-refractivity contribution in [2.24, 2.45) is 23.7 Å². The van der Waals surface area contributed by atoms with E-state index in [-0.39, 0.29) is 25.7 Å². The molecule has 0 spiro atoms. The van der Waals surface area contributed by atoms with Crippen molar-refractivity contribution in [3.63, 3.8) is 0 Å². The van der Waals surface area contributed by atoms with Crippen molar-refractivity contribution in [1.29, 1.82) is 0 Å². The molecule has 0 aromatic carbocycles. The number of hydrogen-bond acceptors (Lipinski definition) is 15. The lowest BCUT2D eigenvalue weighted by Crippen LogP contribution is -2.30. The summed E-state index contributed by atoms with van der Waals surface area (Å²) in [6.45, 7) is 14.2. The summed E-state index contributed by atoms with van der Waals surface area (Å²) in [6, 6.07) is 0. The molecule has 4 unspecified atom stereocenters. The van der Waals surface area contributed by atoms with Gasteiger partial charge >= 0.3 is 39.5 Å². The normalized spacial score (nSPS) is 14.6. The molecule has 19 heteroatoms. The van der Waals surface area contributed by atoms with Crippen LogP contribution in [0.4, 0.5) is 0 Å². The number of phosphoric ester groups is 2. The van der Waals surface area contributed by atoms with Gasteiger partial charge in [-0.05, 0) is 49.4 Å². The van der Waals surface area contributed by atoms with Crippen molar-refractivity contribution >= 4 is 39.5 Å². The molecule has 0 saturated carbocycles. The molecule has 0 saturated heterocycles. The third-order valence-corrected chi connectivity index (χ3v) is 20.7. The van der Waals surface area contributed by atoms with E-state index in [2.05, 4.69) is 55.4 Å². The number of ether oxygens (including phenoxy) is 4. The topological polar surface area (TPSA) is 237 Å². The maximum absolute atomic E-state index is 13.1. The Labute approximate surface area is 594 Å². The smallest absolute Gasteiger partial charge is 0.462 e. The molecule has 0 radical (unpaired) electrons. The Balaban J connectivity index is 5.22. The highest BCUT2D eigenvalue weighted by Gasteiger charge is 2.30. The SMILES string of the molecule is CCC(C)CCCCCCCCCCCCCCCCC(=O)OC[C@H](COP(=O)(O)OC[C@@H](O)COP(=O)(O)OC[C@@H](COC(=O)CCCCCCCCC(C)CC)OC(=O)CCCCCCCCCC(C)C)OC(=O)CCCCCCCCCCCCCCCCCCC(C)C. The molecule has 0 aliphatic heterocycles. The van der Waals surface area contributed by atoms with Crippen LogP contribution in [0.15, 0.2) is 0 Å². The third kappa shape index (κ3) is 69.5. The number of unbranched alkanes of at least 4 members (excludes halogenated alkanes) is 39. The Bertz CT molecular complexity index is 1910. The molecule has 576 valence electrons. The van der Waals surface area contributed by atoms with Gasteiger partial charge in [0.25, 0.3) is 0 Å². The van der Waals surface area contributed by atoms with E-state index in [4.69, 9.17) is 37.0 Å². The maximum atomic E-state index is 13.1. The van der Waals surface area contributed by atoms with Crippen molar-refractivity contribution < 1.29 is 80.2 Å². The molecular formula is C78H152O17P2. The Hall–Kier alpha value is -1.94. The quantitative estimate of drug-likeness (QED) is 0.0222. The molecule has 0 fully saturated rings. The fourth-order valence-corrected chi connectivity index (χ4v) is 13.4. The standard InChI is InChI=1S/C78H152O17P2/c1-9-70(7)56-48-40-32-26-22-18-15-16-19-23-27-33-42-50-58-75(80)88-64-73(94-77(82)60-52-44-34-28-24-20-14-12-11-13-17-21-25-30-38-46-54-68(3)4)66-92-96(84,85)90-62-72(79)63-91-97(86,87)93-67-74(95-78(83)61-53-45-35-29-31-39-47-55-69(5)6)65-89-76(81)59-51-43-37-36-41-49-57-71(8)10-2/h68-74,79H,9-67H2,1-8H3,(H,84,85)(H,86,87)/t70?,71?,72-,73-,74-/m1/s1. The lowest BCUT2D eigenvalue weighted by molar-refractivity contribution is -0.161. The first kappa shape index (κ1) is 95.1. The van der Waals surface area contributed by atoms with Gasteiger partial charge in [-0.25, -0.2) is 9.13 Å². The van der Waals surface area contributed by atoms with Crippen molar-refractivity contribution in [2.75, 3.05) is 39.6 Å². The van der Waals surface area contributed by atoms with E-state index in [1.54, 1.807) is 0 Å². The fraction of sp³-hybridized carbons (Fsp3) is 0.949. The van der Waals surface area contributed by atoms with Crippen molar-refractivity contribution in [2.45, 2.75) is 414 Å². The van der Waals surface area contributed by atoms with Crippen LogP contribution in [0.5, 0.6) is 0 Å². The molecule has 0 aromatic heterocycles. The molecule has 0 amide bonds. The van der Waals surface area contributed by atoms with Gasteiger partial charge in [0.2, 0.25) is 0 Å². The average Bonchev–Trinajstić information content (AvgIpc) is 1.41. The molecular weight excluding hydrogens is 1270 g/mol. The molecule has 17 nitrogen and oxygen atoms in total. The number of carbonyl (C=O) groups is 4. The summed E-state index contributed by atoms with van der Waals surface area (Å²) in [4.78, 5) is 72.8. The van der Waals surface area contributed by atoms with E-state index in [0.29, 0.717) is 31.6 Å². The average molecular weight is 1420 g/mol. The van der Waals surface area contributed by atoms with Crippen LogP contribution in [0.3, 0.4) is 0 Å². The maximum Gasteiger partial charge on any atom is 0.472 e. The van der Waals surface area contributed by atoms with Gasteiger partial charge in [0, 0.05) is 25.7 Å². The third-order valence-electron chi connectivity index (χ3n) is 18.8. The molecule has 7 atom stereocenters. The van der Waals surface area contributed by atoms with Gasteiger partial charge in [0.05, 0.1) is 26.4 Å². The van der Waals surface area contributed by atoms with Gasteiger partial charge in [-0.2, -0.15) is 0 Å². The largest absolute Gasteiger partial charge is 0.472 e. The van der Waals surface area contributed by atoms with E-state index in [1.807, 2.05) is 0 Å². The Morgan fingerprint density at radius 2 is 0.495 bits per heavy atom. The van der Waals surface area contributed by atoms with E-state index >= 15 is 0 Å². The lowest BCUT2D eigenvalue weighted by Gasteiger charge is -2.21. The van der Waals surface area contributed by atoms with E-state index in [9.17, 15) is 43.2 Å². The minimum absolute atomic E-state index is 0.102. The summed E-state index contributed by atoms with van der Waals surface area (Å²) in [5, 5.41) is 10.6. The highest BCUT2D eigenvalue weighted by Crippen LogP contribution is 2.45. The number of rotatable bonds is 75. The number of carbonyl (C=O) groups excluding carboxylic acids is 4. The predicted molar refractivity (Wildman–Crippen MR) is 395 cm³/mol. The molecule has 0 rings (SSSR count). The number of aliphatic hydroxyl groups is 1. The van der Waals surface area contributed by atoms with Gasteiger partial charge in [-0.15, -0.1) is 0 Å². The Kier molecular flexibility index (Phi) is 65.9. The van der Waals surface area contributed by atoms with Gasteiger partial charge < -0.3 is 33.8 Å². The molecule has 3 N–H and O–H groups in total. The zero-order valence-electron chi connectivity index (χ0n) is 63.7. The Morgan fingerprint density at radius 1 is 0.289 bits per heavy atom. The monoisotopic (exact) mass is 1420 g/mol. The van der Waals surface area contributed by atoms with Crippen LogP contribution >= 0.6 is 15.6 Å². The Morgan fingerprint density at radius 3 is 0.732 bits per heavy atom. The fourth-order valence-electron chi connectivity index (χ4n) is 11.8. The van der Waals surface area contributed by atoms with Crippen LogP contribution in [-0.2, 0) is 65.4 Å². The zero-order valence-corrected chi connectivity index (χ0v) is 65.5. The van der Waals surface area contributed by atoms with Crippen LogP contribution in [0.25, 0.3) is 0 Å². The minimum atomic E-state index is -4.96. The van der Waals surface area contributed by atoms with Crippen LogP contribution in [0.1, 0.15) is 396 Å². The van der Waals surface area contributed by atoms with E-state index in [1.165, 1.54) is 193 Å². The highest BCUT2D eigenvalue weighted by atomic mass is 31.2. The number of hydrogen-bond donors (Lipinski definition) is 3. The molecule has 97 heavy (non-hydrogen) atoms. The summed E-state index contributed by atoms with van der Waals surface area (Å²) < 4.78 is 68.5. The van der Waals surface area contributed by atoms with Gasteiger partial charge in [0.1, 0.15) is 19.3 Å². The minimum Gasteiger partial charge on any atom is -0.462 e. The number of aliphatic hydroxyl groups excluding tert-OH is 1. The molecule has 0 aliphatic rings. The van der Waals surface area contributed by atoms with E-state index < -0.39 is 97.5 Å². The molecule has 0 aromatic rings. The lowest BCUT2D eigenvalue weighted by atomic mass is 9.99. The number of phosphoric acid groups is 2. The second-order valence-electron chi connectivity index (χ2n) is 29.5. The molecule has 0 bridgehead atoms. The summed E-state index contributed by atoms with van der Waals surface area (Å²) >= 11 is 0. The summed E-state index contributed by atoms with van der Waals surface area (Å²) in [5.74, 6) is 0.964. The zero-order chi connectivity index (χ0) is 71.7. The van der Waals surface area contributed by atoms with Crippen LogP contribution in [-0.4, -0.2) is 96.7 Å². The summed E-state index contributed by atoms with van der Waals surface area (Å²) in [7, 11) is -9.91. The first-order chi connectivity index (χ1) is 46.7. The van der Waals surface area contributed by atoms with Crippen LogP contribution < -0.4 is 0 Å². The van der Waals surface area contributed by atoms with Gasteiger partial charge in [-0.1, -0.05) is 344 Å². The van der Waals surface area contributed by atoms with Crippen LogP contribution in [0, 0.1) is 23.7 Å². The molecule has 0 heterocycles. The second kappa shape index (κ2) is 67.2. The van der Waals surface area contributed by atoms with Crippen LogP contribution in [0.2, 0.25) is 0 Å². The van der Waals surface area contributed by atoms with Crippen molar-refractivity contribution in [1.82, 2.24) is 0 Å². The first-order valence-electron chi connectivity index (χ1n) is 40.3. The molecule has 0 aliphatic carbocycles. The predicted octanol–water partition coefficient (Wildman–Crippen LogP) is 22.8.